The predicted molar refractivity (Wildman–Crippen MR) is 72.2 cm³/mol. The molecule has 3 rings (SSSR count). The van der Waals surface area contributed by atoms with Gasteiger partial charge in [-0.25, -0.2) is 4.98 Å². The van der Waals surface area contributed by atoms with Crippen LogP contribution in [0, 0.1) is 13.8 Å². The third-order valence-corrected chi connectivity index (χ3v) is 3.16. The number of imidazole rings is 1. The summed E-state index contributed by atoms with van der Waals surface area (Å²) in [6, 6.07) is 4.21. The van der Waals surface area contributed by atoms with Crippen LogP contribution in [0.4, 0.5) is 5.82 Å². The maximum Gasteiger partial charge on any atom is 0.143 e. The molecule has 0 aliphatic heterocycles. The molecule has 0 aliphatic rings. The zero-order chi connectivity index (χ0) is 12.9. The summed E-state index contributed by atoms with van der Waals surface area (Å²) in [5.41, 5.74) is 11.2. The third kappa shape index (κ3) is 1.48. The van der Waals surface area contributed by atoms with Gasteiger partial charge in [-0.1, -0.05) is 6.07 Å². The Bertz CT molecular complexity index is 735. The Balaban J connectivity index is 2.25. The zero-order valence-electron chi connectivity index (χ0n) is 10.7. The van der Waals surface area contributed by atoms with Crippen molar-refractivity contribution in [3.8, 4) is 11.4 Å². The molecule has 0 radical (unpaired) electrons. The molecule has 3 N–H and O–H groups in total. The molecular formula is C13H15N5. The number of hydrogen-bond donors (Lipinski definition) is 2. The molecule has 0 atom stereocenters. The van der Waals surface area contributed by atoms with E-state index in [9.17, 15) is 0 Å². The van der Waals surface area contributed by atoms with Gasteiger partial charge in [0, 0.05) is 7.05 Å². The van der Waals surface area contributed by atoms with Crippen LogP contribution in [0.3, 0.4) is 0 Å². The van der Waals surface area contributed by atoms with E-state index in [1.54, 1.807) is 10.9 Å². The number of nitrogens with one attached hydrogen (secondary N) is 1. The number of aromatic amines is 1. The standard InChI is InChI=1S/C13H15N5/c1-7-4-8(2)11-10(5-7)16-13(17-11)9-6-15-18(3)12(9)14/h4-6H,14H2,1-3H3,(H,16,17). The normalized spacial score (nSPS) is 11.3. The summed E-state index contributed by atoms with van der Waals surface area (Å²) in [7, 11) is 1.82. The Kier molecular flexibility index (Phi) is 2.16. The third-order valence-electron chi connectivity index (χ3n) is 3.16. The van der Waals surface area contributed by atoms with Crippen LogP contribution in [0.25, 0.3) is 22.4 Å². The average molecular weight is 241 g/mol. The summed E-state index contributed by atoms with van der Waals surface area (Å²) < 4.78 is 1.64. The van der Waals surface area contributed by atoms with Gasteiger partial charge in [0.2, 0.25) is 0 Å². The first-order chi connectivity index (χ1) is 8.56. The summed E-state index contributed by atoms with van der Waals surface area (Å²) in [6.45, 7) is 4.14. The minimum Gasteiger partial charge on any atom is -0.383 e. The summed E-state index contributed by atoms with van der Waals surface area (Å²) in [4.78, 5) is 7.91. The molecule has 0 spiro atoms. The Morgan fingerprint density at radius 1 is 1.28 bits per heavy atom. The minimum atomic E-state index is 0.614. The smallest absolute Gasteiger partial charge is 0.143 e. The topological polar surface area (TPSA) is 72.5 Å². The van der Waals surface area contributed by atoms with Crippen LogP contribution in [0.2, 0.25) is 0 Å². The van der Waals surface area contributed by atoms with Gasteiger partial charge in [0.1, 0.15) is 11.6 Å². The number of fused-ring (bicyclic) bond motifs is 1. The summed E-state index contributed by atoms with van der Waals surface area (Å²) in [6.07, 6.45) is 1.73. The van der Waals surface area contributed by atoms with Gasteiger partial charge in [0.15, 0.2) is 0 Å². The fourth-order valence-corrected chi connectivity index (χ4v) is 2.23. The number of aryl methyl sites for hydroxylation is 3. The maximum atomic E-state index is 5.96. The second-order valence-electron chi connectivity index (χ2n) is 4.63. The molecule has 0 saturated carbocycles. The molecule has 1 aromatic carbocycles. The molecule has 0 bridgehead atoms. The van der Waals surface area contributed by atoms with E-state index >= 15 is 0 Å². The minimum absolute atomic E-state index is 0.614. The van der Waals surface area contributed by atoms with Gasteiger partial charge in [0.25, 0.3) is 0 Å². The highest BCUT2D eigenvalue weighted by Crippen LogP contribution is 2.26. The number of hydrogen-bond acceptors (Lipinski definition) is 3. The van der Waals surface area contributed by atoms with E-state index in [-0.39, 0.29) is 0 Å². The molecule has 2 heterocycles. The highest BCUT2D eigenvalue weighted by atomic mass is 15.3. The van der Waals surface area contributed by atoms with Gasteiger partial charge in [-0.3, -0.25) is 4.68 Å². The molecular weight excluding hydrogens is 226 g/mol. The number of rotatable bonds is 1. The molecule has 2 aromatic heterocycles. The van der Waals surface area contributed by atoms with Crippen LogP contribution in [0.5, 0.6) is 0 Å². The number of aromatic nitrogens is 4. The fraction of sp³-hybridized carbons (Fsp3) is 0.231. The molecule has 18 heavy (non-hydrogen) atoms. The molecule has 0 saturated heterocycles. The van der Waals surface area contributed by atoms with E-state index in [1.165, 1.54) is 5.56 Å². The van der Waals surface area contributed by atoms with Crippen molar-refractivity contribution in [3.05, 3.63) is 29.5 Å². The van der Waals surface area contributed by atoms with Crippen molar-refractivity contribution in [1.29, 1.82) is 0 Å². The van der Waals surface area contributed by atoms with Gasteiger partial charge < -0.3 is 10.7 Å². The lowest BCUT2D eigenvalue weighted by molar-refractivity contribution is 0.779. The maximum absolute atomic E-state index is 5.96. The summed E-state index contributed by atoms with van der Waals surface area (Å²) in [5.74, 6) is 1.38. The van der Waals surface area contributed by atoms with Crippen LogP contribution in [0.1, 0.15) is 11.1 Å². The predicted octanol–water partition coefficient (Wildman–Crippen LogP) is 2.16. The number of nitrogens with zero attached hydrogens (tertiary/aromatic N) is 3. The van der Waals surface area contributed by atoms with E-state index in [2.05, 4.69) is 41.0 Å². The van der Waals surface area contributed by atoms with Crippen molar-refractivity contribution in [2.45, 2.75) is 13.8 Å². The second-order valence-corrected chi connectivity index (χ2v) is 4.63. The van der Waals surface area contributed by atoms with Crippen molar-refractivity contribution < 1.29 is 0 Å². The molecule has 0 unspecified atom stereocenters. The Morgan fingerprint density at radius 2 is 2.06 bits per heavy atom. The first-order valence-corrected chi connectivity index (χ1v) is 5.81. The average Bonchev–Trinajstić information content (AvgIpc) is 2.84. The van der Waals surface area contributed by atoms with Crippen LogP contribution in [-0.2, 0) is 7.05 Å². The molecule has 3 aromatic rings. The lowest BCUT2D eigenvalue weighted by atomic mass is 10.1. The van der Waals surface area contributed by atoms with Gasteiger partial charge in [0.05, 0.1) is 22.8 Å². The van der Waals surface area contributed by atoms with Crippen LogP contribution < -0.4 is 5.73 Å². The largest absolute Gasteiger partial charge is 0.383 e. The van der Waals surface area contributed by atoms with E-state index in [1.807, 2.05) is 7.05 Å². The monoisotopic (exact) mass is 241 g/mol. The van der Waals surface area contributed by atoms with E-state index in [0.29, 0.717) is 5.82 Å². The van der Waals surface area contributed by atoms with Crippen molar-refractivity contribution in [1.82, 2.24) is 19.7 Å². The first kappa shape index (κ1) is 10.8. The zero-order valence-corrected chi connectivity index (χ0v) is 10.7. The lowest BCUT2D eigenvalue weighted by Gasteiger charge is -1.96. The number of benzene rings is 1. The summed E-state index contributed by atoms with van der Waals surface area (Å²) >= 11 is 0. The van der Waals surface area contributed by atoms with Crippen molar-refractivity contribution in [2.24, 2.45) is 7.05 Å². The fourth-order valence-electron chi connectivity index (χ4n) is 2.23. The first-order valence-electron chi connectivity index (χ1n) is 5.81. The van der Waals surface area contributed by atoms with Crippen LogP contribution >= 0.6 is 0 Å². The number of nitrogen functional groups attached to an aromatic ring is 1. The molecule has 5 heteroatoms. The molecule has 5 nitrogen and oxygen atoms in total. The van der Waals surface area contributed by atoms with Gasteiger partial charge in [-0.05, 0) is 31.0 Å². The Morgan fingerprint density at radius 3 is 2.72 bits per heavy atom. The van der Waals surface area contributed by atoms with Gasteiger partial charge in [-0.15, -0.1) is 0 Å². The quantitative estimate of drug-likeness (QED) is 0.685. The summed E-state index contributed by atoms with van der Waals surface area (Å²) in [5, 5.41) is 4.13. The number of anilines is 1. The lowest BCUT2D eigenvalue weighted by Crippen LogP contribution is -1.98. The molecule has 0 fully saturated rings. The van der Waals surface area contributed by atoms with Crippen molar-refractivity contribution in [2.75, 3.05) is 5.73 Å². The Hall–Kier alpha value is -2.30. The van der Waals surface area contributed by atoms with Gasteiger partial charge in [-0.2, -0.15) is 5.10 Å². The second kappa shape index (κ2) is 3.60. The van der Waals surface area contributed by atoms with Crippen molar-refractivity contribution >= 4 is 16.9 Å². The molecule has 92 valence electrons. The highest BCUT2D eigenvalue weighted by molar-refractivity contribution is 5.84. The number of nitrogens with two attached hydrogens (primary N) is 1. The van der Waals surface area contributed by atoms with Crippen LogP contribution in [0.15, 0.2) is 18.3 Å². The molecule has 0 amide bonds. The van der Waals surface area contributed by atoms with E-state index in [0.717, 1.165) is 28.0 Å². The molecule has 0 aliphatic carbocycles. The number of H-pyrrole nitrogens is 1. The van der Waals surface area contributed by atoms with Gasteiger partial charge >= 0.3 is 0 Å². The highest BCUT2D eigenvalue weighted by Gasteiger charge is 2.13. The Labute approximate surface area is 105 Å². The van der Waals surface area contributed by atoms with E-state index < -0.39 is 0 Å². The van der Waals surface area contributed by atoms with E-state index in [4.69, 9.17) is 5.73 Å². The van der Waals surface area contributed by atoms with Crippen LogP contribution in [-0.4, -0.2) is 19.7 Å². The SMILES string of the molecule is Cc1cc(C)c2nc(-c3cnn(C)c3N)[nH]c2c1. The van der Waals surface area contributed by atoms with Crippen molar-refractivity contribution in [3.63, 3.8) is 0 Å².